The van der Waals surface area contributed by atoms with Crippen LogP contribution in [-0.2, 0) is 4.74 Å². The van der Waals surface area contributed by atoms with Gasteiger partial charge in [-0.15, -0.1) is 0 Å². The van der Waals surface area contributed by atoms with Crippen molar-refractivity contribution < 1.29 is 4.74 Å². The molecule has 15 heavy (non-hydrogen) atoms. The van der Waals surface area contributed by atoms with Crippen LogP contribution >= 0.6 is 11.8 Å². The number of nitrogens with zero attached hydrogens (tertiary/aromatic N) is 2. The van der Waals surface area contributed by atoms with Crippen molar-refractivity contribution in [2.24, 2.45) is 0 Å². The lowest BCUT2D eigenvalue weighted by Crippen LogP contribution is -2.21. The van der Waals surface area contributed by atoms with Gasteiger partial charge >= 0.3 is 0 Å². The molecule has 0 saturated carbocycles. The number of hydrogen-bond donors (Lipinski definition) is 1. The van der Waals surface area contributed by atoms with Crippen molar-refractivity contribution in [3.8, 4) is 0 Å². The van der Waals surface area contributed by atoms with Crippen LogP contribution in [0.2, 0.25) is 0 Å². The first kappa shape index (κ1) is 12.4. The van der Waals surface area contributed by atoms with E-state index in [4.69, 9.17) is 4.74 Å². The number of methoxy groups -OCH3 is 1. The molecule has 0 spiro atoms. The van der Waals surface area contributed by atoms with Crippen LogP contribution < -0.4 is 5.32 Å². The summed E-state index contributed by atoms with van der Waals surface area (Å²) in [6, 6.07) is 1.90. The summed E-state index contributed by atoms with van der Waals surface area (Å²) in [6.07, 6.45) is 1.79. The highest BCUT2D eigenvalue weighted by atomic mass is 32.2. The van der Waals surface area contributed by atoms with E-state index in [1.54, 1.807) is 25.1 Å². The Hall–Kier alpha value is -0.650. The molecule has 1 rings (SSSR count). The molecule has 5 heteroatoms. The van der Waals surface area contributed by atoms with Gasteiger partial charge in [-0.25, -0.2) is 9.97 Å². The molecular weight excluding hydrogens is 210 g/mol. The fraction of sp³-hybridized carbons (Fsp3) is 0.600. The summed E-state index contributed by atoms with van der Waals surface area (Å²) in [5.41, 5.74) is 1.01. The quantitative estimate of drug-likeness (QED) is 0.429. The van der Waals surface area contributed by atoms with E-state index in [2.05, 4.69) is 15.3 Å². The van der Waals surface area contributed by atoms with Crippen LogP contribution in [0.4, 0.5) is 0 Å². The minimum absolute atomic E-state index is 0.756. The van der Waals surface area contributed by atoms with Gasteiger partial charge in [-0.05, 0) is 13.0 Å². The van der Waals surface area contributed by atoms with Crippen molar-refractivity contribution >= 4 is 11.8 Å². The fourth-order valence-corrected chi connectivity index (χ4v) is 1.78. The SMILES string of the molecule is COCCNCCSc1nccc(C)n1. The fourth-order valence-electron chi connectivity index (χ4n) is 1.01. The van der Waals surface area contributed by atoms with E-state index in [-0.39, 0.29) is 0 Å². The van der Waals surface area contributed by atoms with E-state index in [1.165, 1.54) is 0 Å². The van der Waals surface area contributed by atoms with Gasteiger partial charge in [0, 0.05) is 37.8 Å². The molecule has 84 valence electrons. The number of hydrogen-bond acceptors (Lipinski definition) is 5. The van der Waals surface area contributed by atoms with Crippen LogP contribution in [0.25, 0.3) is 0 Å². The van der Waals surface area contributed by atoms with Crippen molar-refractivity contribution in [2.45, 2.75) is 12.1 Å². The van der Waals surface area contributed by atoms with Gasteiger partial charge < -0.3 is 10.1 Å². The molecule has 0 bridgehead atoms. The second-order valence-electron chi connectivity index (χ2n) is 3.07. The Morgan fingerprint density at radius 1 is 1.47 bits per heavy atom. The van der Waals surface area contributed by atoms with E-state index < -0.39 is 0 Å². The maximum atomic E-state index is 4.93. The Bertz CT molecular complexity index is 283. The van der Waals surface area contributed by atoms with Crippen molar-refractivity contribution in [3.63, 3.8) is 0 Å². The van der Waals surface area contributed by atoms with Crippen molar-refractivity contribution in [3.05, 3.63) is 18.0 Å². The third-order valence-electron chi connectivity index (χ3n) is 1.77. The second kappa shape index (κ2) is 7.62. The van der Waals surface area contributed by atoms with Crippen LogP contribution in [0, 0.1) is 6.92 Å². The molecule has 1 heterocycles. The van der Waals surface area contributed by atoms with Crippen LogP contribution in [0.5, 0.6) is 0 Å². The lowest BCUT2D eigenvalue weighted by atomic mass is 10.5. The normalized spacial score (nSPS) is 10.5. The second-order valence-corrected chi connectivity index (χ2v) is 4.13. The number of thioether (sulfide) groups is 1. The minimum Gasteiger partial charge on any atom is -0.383 e. The predicted molar refractivity (Wildman–Crippen MR) is 62.2 cm³/mol. The predicted octanol–water partition coefficient (Wildman–Crippen LogP) is 1.11. The number of aryl methyl sites for hydroxylation is 1. The average Bonchev–Trinajstić information content (AvgIpc) is 2.23. The van der Waals surface area contributed by atoms with Crippen LogP contribution in [0.3, 0.4) is 0 Å². The van der Waals surface area contributed by atoms with Gasteiger partial charge in [0.05, 0.1) is 6.61 Å². The summed E-state index contributed by atoms with van der Waals surface area (Å²) in [5, 5.41) is 4.12. The number of ether oxygens (including phenoxy) is 1. The lowest BCUT2D eigenvalue weighted by molar-refractivity contribution is 0.200. The molecule has 0 atom stereocenters. The largest absolute Gasteiger partial charge is 0.383 e. The van der Waals surface area contributed by atoms with Gasteiger partial charge in [0.1, 0.15) is 0 Å². The number of rotatable bonds is 7. The molecule has 0 fully saturated rings. The first-order valence-electron chi connectivity index (χ1n) is 4.95. The topological polar surface area (TPSA) is 47.0 Å². The first-order chi connectivity index (χ1) is 7.33. The Labute approximate surface area is 94.8 Å². The van der Waals surface area contributed by atoms with Crippen LogP contribution in [0.15, 0.2) is 17.4 Å². The molecule has 0 radical (unpaired) electrons. The molecule has 1 aromatic heterocycles. The van der Waals surface area contributed by atoms with Gasteiger partial charge in [-0.2, -0.15) is 0 Å². The number of nitrogens with one attached hydrogen (secondary N) is 1. The molecule has 1 N–H and O–H groups in total. The molecule has 0 saturated heterocycles. The van der Waals surface area contributed by atoms with E-state index >= 15 is 0 Å². The van der Waals surface area contributed by atoms with Gasteiger partial charge in [0.2, 0.25) is 0 Å². The minimum atomic E-state index is 0.756. The third kappa shape index (κ3) is 5.71. The summed E-state index contributed by atoms with van der Waals surface area (Å²) in [4.78, 5) is 8.48. The van der Waals surface area contributed by atoms with Gasteiger partial charge in [0.15, 0.2) is 5.16 Å². The highest BCUT2D eigenvalue weighted by Crippen LogP contribution is 2.10. The zero-order valence-corrected chi connectivity index (χ0v) is 10.0. The summed E-state index contributed by atoms with van der Waals surface area (Å²) in [5.74, 6) is 0.979. The molecule has 0 aliphatic carbocycles. The maximum Gasteiger partial charge on any atom is 0.187 e. The Morgan fingerprint density at radius 3 is 3.07 bits per heavy atom. The average molecular weight is 227 g/mol. The Morgan fingerprint density at radius 2 is 2.33 bits per heavy atom. The summed E-state index contributed by atoms with van der Waals surface area (Å²) >= 11 is 1.67. The molecule has 0 unspecified atom stereocenters. The lowest BCUT2D eigenvalue weighted by Gasteiger charge is -2.03. The smallest absolute Gasteiger partial charge is 0.187 e. The van der Waals surface area contributed by atoms with Gasteiger partial charge in [0.25, 0.3) is 0 Å². The van der Waals surface area contributed by atoms with Crippen molar-refractivity contribution in [1.29, 1.82) is 0 Å². The van der Waals surface area contributed by atoms with Crippen LogP contribution in [0.1, 0.15) is 5.69 Å². The van der Waals surface area contributed by atoms with Crippen LogP contribution in [-0.4, -0.2) is 42.5 Å². The molecule has 1 aromatic rings. The van der Waals surface area contributed by atoms with E-state index in [1.807, 2.05) is 13.0 Å². The van der Waals surface area contributed by atoms with E-state index in [0.717, 1.165) is 36.3 Å². The molecule has 4 nitrogen and oxygen atoms in total. The Kier molecular flexibility index (Phi) is 6.31. The van der Waals surface area contributed by atoms with Gasteiger partial charge in [-0.1, -0.05) is 11.8 Å². The maximum absolute atomic E-state index is 4.93. The van der Waals surface area contributed by atoms with Gasteiger partial charge in [-0.3, -0.25) is 0 Å². The molecule has 0 aliphatic heterocycles. The number of aromatic nitrogens is 2. The zero-order valence-electron chi connectivity index (χ0n) is 9.19. The molecular formula is C10H17N3OS. The third-order valence-corrected chi connectivity index (χ3v) is 2.63. The first-order valence-corrected chi connectivity index (χ1v) is 5.93. The highest BCUT2D eigenvalue weighted by Gasteiger charge is 1.96. The van der Waals surface area contributed by atoms with Crippen molar-refractivity contribution in [2.75, 3.05) is 32.6 Å². The molecule has 0 aromatic carbocycles. The highest BCUT2D eigenvalue weighted by molar-refractivity contribution is 7.99. The summed E-state index contributed by atoms with van der Waals surface area (Å²) < 4.78 is 4.93. The summed E-state index contributed by atoms with van der Waals surface area (Å²) in [7, 11) is 1.71. The van der Waals surface area contributed by atoms with E-state index in [0.29, 0.717) is 0 Å². The summed E-state index contributed by atoms with van der Waals surface area (Å²) in [6.45, 7) is 4.57. The van der Waals surface area contributed by atoms with Crippen molar-refractivity contribution in [1.82, 2.24) is 15.3 Å². The van der Waals surface area contributed by atoms with E-state index in [9.17, 15) is 0 Å². The zero-order chi connectivity index (χ0) is 10.9. The monoisotopic (exact) mass is 227 g/mol. The molecule has 0 aliphatic rings. The standard InChI is InChI=1S/C10H17N3OS/c1-9-3-4-12-10(13-9)15-8-6-11-5-7-14-2/h3-4,11H,5-8H2,1-2H3. The molecule has 0 amide bonds. The Balaban J connectivity index is 2.10.